The molecular formula is C12H13ClN2O2. The van der Waals surface area contributed by atoms with E-state index in [4.69, 9.17) is 11.6 Å². The van der Waals surface area contributed by atoms with Crippen LogP contribution in [0.5, 0.6) is 0 Å². The molecule has 1 saturated heterocycles. The number of carbonyl (C=O) groups excluding carboxylic acids is 2. The third-order valence-corrected chi connectivity index (χ3v) is 2.96. The molecule has 90 valence electrons. The van der Waals surface area contributed by atoms with Crippen LogP contribution >= 0.6 is 11.6 Å². The molecule has 1 aliphatic heterocycles. The Morgan fingerprint density at radius 3 is 2.29 bits per heavy atom. The number of carbonyl (C=O) groups is 2. The minimum absolute atomic E-state index is 0.387. The fourth-order valence-electron chi connectivity index (χ4n) is 1.74. The first kappa shape index (κ1) is 12.1. The van der Waals surface area contributed by atoms with Gasteiger partial charge >= 0.3 is 0 Å². The zero-order chi connectivity index (χ0) is 12.3. The van der Waals surface area contributed by atoms with Crippen LogP contribution < -0.4 is 5.32 Å². The lowest BCUT2D eigenvalue weighted by molar-refractivity contribution is -0.126. The second-order valence-electron chi connectivity index (χ2n) is 3.88. The molecular weight excluding hydrogens is 240 g/mol. The zero-order valence-corrected chi connectivity index (χ0v) is 10.0. The van der Waals surface area contributed by atoms with Crippen molar-refractivity contribution in [2.45, 2.75) is 0 Å². The van der Waals surface area contributed by atoms with Crippen molar-refractivity contribution < 1.29 is 9.59 Å². The summed E-state index contributed by atoms with van der Waals surface area (Å²) in [4.78, 5) is 25.4. The zero-order valence-electron chi connectivity index (χ0n) is 9.28. The van der Waals surface area contributed by atoms with Gasteiger partial charge in [-0.2, -0.15) is 0 Å². The summed E-state index contributed by atoms with van der Waals surface area (Å²) < 4.78 is 0. The molecule has 0 unspecified atom stereocenters. The van der Waals surface area contributed by atoms with Crippen molar-refractivity contribution in [1.82, 2.24) is 10.2 Å². The number of amides is 1. The summed E-state index contributed by atoms with van der Waals surface area (Å²) in [6.07, 6.45) is 0. The number of nitrogens with zero attached hydrogens (tertiary/aromatic N) is 1. The highest BCUT2D eigenvalue weighted by atomic mass is 35.5. The number of halogens is 1. The number of benzene rings is 1. The van der Waals surface area contributed by atoms with E-state index >= 15 is 0 Å². The maximum absolute atomic E-state index is 11.9. The lowest BCUT2D eigenvalue weighted by Gasteiger charge is -2.26. The van der Waals surface area contributed by atoms with Gasteiger partial charge in [0.1, 0.15) is 0 Å². The molecule has 17 heavy (non-hydrogen) atoms. The SMILES string of the molecule is O=C(C(=O)N1CCNCC1)c1ccc(Cl)cc1. The highest BCUT2D eigenvalue weighted by Crippen LogP contribution is 2.11. The van der Waals surface area contributed by atoms with Gasteiger partial charge in [-0.1, -0.05) is 11.6 Å². The summed E-state index contributed by atoms with van der Waals surface area (Å²) in [6, 6.07) is 6.37. The van der Waals surface area contributed by atoms with Crippen LogP contribution in [0.25, 0.3) is 0 Å². The van der Waals surface area contributed by atoms with Crippen molar-refractivity contribution in [3.63, 3.8) is 0 Å². The molecule has 0 bridgehead atoms. The van der Waals surface area contributed by atoms with Crippen LogP contribution in [0.1, 0.15) is 10.4 Å². The maximum atomic E-state index is 11.9. The predicted octanol–water partition coefficient (Wildman–Crippen LogP) is 0.954. The first-order chi connectivity index (χ1) is 8.18. The van der Waals surface area contributed by atoms with Crippen molar-refractivity contribution in [3.05, 3.63) is 34.9 Å². The van der Waals surface area contributed by atoms with Crippen LogP contribution in [0, 0.1) is 0 Å². The number of hydrogen-bond donors (Lipinski definition) is 1. The molecule has 0 spiro atoms. The van der Waals surface area contributed by atoms with Gasteiger partial charge in [0.2, 0.25) is 5.78 Å². The molecule has 1 aromatic carbocycles. The maximum Gasteiger partial charge on any atom is 0.295 e. The second-order valence-corrected chi connectivity index (χ2v) is 4.31. The molecule has 1 aliphatic rings. The molecule has 5 heteroatoms. The smallest absolute Gasteiger partial charge is 0.295 e. The summed E-state index contributed by atoms with van der Waals surface area (Å²) in [5, 5.41) is 3.69. The normalized spacial score (nSPS) is 15.7. The van der Waals surface area contributed by atoms with Gasteiger partial charge in [0.05, 0.1) is 0 Å². The van der Waals surface area contributed by atoms with E-state index in [0.29, 0.717) is 23.7 Å². The topological polar surface area (TPSA) is 49.4 Å². The molecule has 0 aromatic heterocycles. The van der Waals surface area contributed by atoms with Gasteiger partial charge in [-0.25, -0.2) is 0 Å². The first-order valence-electron chi connectivity index (χ1n) is 5.48. The fraction of sp³-hybridized carbons (Fsp3) is 0.333. The van der Waals surface area contributed by atoms with Gasteiger partial charge in [0.25, 0.3) is 5.91 Å². The number of ketones is 1. The monoisotopic (exact) mass is 252 g/mol. The van der Waals surface area contributed by atoms with Gasteiger partial charge in [-0.15, -0.1) is 0 Å². The minimum atomic E-state index is -0.469. The first-order valence-corrected chi connectivity index (χ1v) is 5.86. The quantitative estimate of drug-likeness (QED) is 0.630. The lowest BCUT2D eigenvalue weighted by atomic mass is 10.1. The Morgan fingerprint density at radius 2 is 1.71 bits per heavy atom. The predicted molar refractivity (Wildman–Crippen MR) is 65.2 cm³/mol. The Bertz CT molecular complexity index is 425. The molecule has 1 aromatic rings. The molecule has 0 atom stereocenters. The Morgan fingerprint density at radius 1 is 1.12 bits per heavy atom. The average Bonchev–Trinajstić information content (AvgIpc) is 2.39. The summed E-state index contributed by atoms with van der Waals surface area (Å²) >= 11 is 5.73. The van der Waals surface area contributed by atoms with E-state index < -0.39 is 11.7 Å². The molecule has 1 N–H and O–H groups in total. The standard InChI is InChI=1S/C12H13ClN2O2/c13-10-3-1-9(2-4-10)11(16)12(17)15-7-5-14-6-8-15/h1-4,14H,5-8H2. The summed E-state index contributed by atoms with van der Waals surface area (Å²) in [6.45, 7) is 2.63. The van der Waals surface area contributed by atoms with Crippen molar-refractivity contribution in [2.24, 2.45) is 0 Å². The molecule has 2 rings (SSSR count). The Kier molecular flexibility index (Phi) is 3.76. The highest BCUT2D eigenvalue weighted by Gasteiger charge is 2.24. The number of nitrogens with one attached hydrogen (secondary N) is 1. The average molecular weight is 253 g/mol. The van der Waals surface area contributed by atoms with Crippen molar-refractivity contribution >= 4 is 23.3 Å². The van der Waals surface area contributed by atoms with E-state index in [1.54, 1.807) is 29.2 Å². The van der Waals surface area contributed by atoms with Crippen LogP contribution in [0.2, 0.25) is 5.02 Å². The lowest BCUT2D eigenvalue weighted by Crippen LogP contribution is -2.48. The minimum Gasteiger partial charge on any atom is -0.333 e. The van der Waals surface area contributed by atoms with Gasteiger partial charge in [0.15, 0.2) is 0 Å². The largest absolute Gasteiger partial charge is 0.333 e. The number of Topliss-reactive ketones (excluding diaryl/α,β-unsaturated/α-hetero) is 1. The van der Waals surface area contributed by atoms with Crippen LogP contribution in [0.15, 0.2) is 24.3 Å². The van der Waals surface area contributed by atoms with Crippen molar-refractivity contribution in [1.29, 1.82) is 0 Å². The van der Waals surface area contributed by atoms with E-state index in [-0.39, 0.29) is 0 Å². The molecule has 0 aliphatic carbocycles. The molecule has 1 heterocycles. The van der Waals surface area contributed by atoms with Crippen molar-refractivity contribution in [2.75, 3.05) is 26.2 Å². The number of piperazine rings is 1. The van der Waals surface area contributed by atoms with E-state index in [2.05, 4.69) is 5.32 Å². The number of hydrogen-bond acceptors (Lipinski definition) is 3. The molecule has 1 fully saturated rings. The van der Waals surface area contributed by atoms with Gasteiger partial charge < -0.3 is 10.2 Å². The van der Waals surface area contributed by atoms with Crippen LogP contribution in [0.3, 0.4) is 0 Å². The highest BCUT2D eigenvalue weighted by molar-refractivity contribution is 6.42. The summed E-state index contributed by atoms with van der Waals surface area (Å²) in [5.41, 5.74) is 0.387. The second kappa shape index (κ2) is 5.29. The van der Waals surface area contributed by atoms with Crippen LogP contribution in [-0.2, 0) is 4.79 Å². The molecule has 1 amide bonds. The molecule has 4 nitrogen and oxygen atoms in total. The van der Waals surface area contributed by atoms with E-state index in [1.165, 1.54) is 0 Å². The van der Waals surface area contributed by atoms with Gasteiger partial charge in [0, 0.05) is 36.8 Å². The Labute approximate surface area is 105 Å². The third-order valence-electron chi connectivity index (χ3n) is 2.70. The summed E-state index contributed by atoms with van der Waals surface area (Å²) in [5.74, 6) is -0.905. The Hall–Kier alpha value is -1.39. The van der Waals surface area contributed by atoms with Crippen LogP contribution in [-0.4, -0.2) is 42.8 Å². The van der Waals surface area contributed by atoms with Crippen molar-refractivity contribution in [3.8, 4) is 0 Å². The molecule has 0 radical (unpaired) electrons. The third kappa shape index (κ3) is 2.84. The molecule has 0 saturated carbocycles. The van der Waals surface area contributed by atoms with E-state index in [1.807, 2.05) is 0 Å². The summed E-state index contributed by atoms with van der Waals surface area (Å²) in [7, 11) is 0. The van der Waals surface area contributed by atoms with E-state index in [0.717, 1.165) is 13.1 Å². The fourth-order valence-corrected chi connectivity index (χ4v) is 1.86. The van der Waals surface area contributed by atoms with Gasteiger partial charge in [-0.05, 0) is 24.3 Å². The van der Waals surface area contributed by atoms with E-state index in [9.17, 15) is 9.59 Å². The van der Waals surface area contributed by atoms with Crippen LogP contribution in [0.4, 0.5) is 0 Å². The van der Waals surface area contributed by atoms with Gasteiger partial charge in [-0.3, -0.25) is 9.59 Å². The number of rotatable bonds is 2. The Balaban J connectivity index is 2.08.